The van der Waals surface area contributed by atoms with Gasteiger partial charge in [0.15, 0.2) is 0 Å². The number of rotatable bonds is 4. The standard InChI is InChI=1S/C21H27N5O/c22-11-18-7-14-10-19(14)26(18)21(27)20(23)15-8-16-1-2-17(9-15)25(16)12-13-3-5-24-6-4-13/h3-6,14-20H,1-2,7-10,12,23H2/t14-,15?,16?,17?,18+,19+,20+/m1/s1. The predicted molar refractivity (Wildman–Crippen MR) is 100 cm³/mol. The first-order valence-corrected chi connectivity index (χ1v) is 10.3. The van der Waals surface area contributed by atoms with E-state index in [0.29, 0.717) is 18.0 Å². The lowest BCUT2D eigenvalue weighted by Gasteiger charge is -2.41. The number of likely N-dealkylation sites (tertiary alicyclic amines) is 1. The summed E-state index contributed by atoms with van der Waals surface area (Å²) in [6, 6.07) is 7.09. The van der Waals surface area contributed by atoms with E-state index in [2.05, 4.69) is 28.1 Å². The molecule has 2 bridgehead atoms. The summed E-state index contributed by atoms with van der Waals surface area (Å²) in [5, 5.41) is 9.39. The zero-order valence-corrected chi connectivity index (χ0v) is 15.6. The van der Waals surface area contributed by atoms with Crippen LogP contribution in [0.15, 0.2) is 24.5 Å². The van der Waals surface area contributed by atoms with Gasteiger partial charge in [0, 0.05) is 37.1 Å². The molecule has 1 amide bonds. The Morgan fingerprint density at radius 2 is 1.93 bits per heavy atom. The van der Waals surface area contributed by atoms with Gasteiger partial charge in [0.1, 0.15) is 6.04 Å². The van der Waals surface area contributed by atoms with E-state index in [0.717, 1.165) is 32.2 Å². The first kappa shape index (κ1) is 17.2. The number of pyridine rings is 1. The van der Waals surface area contributed by atoms with Crippen molar-refractivity contribution in [3.63, 3.8) is 0 Å². The largest absolute Gasteiger partial charge is 0.322 e. The first-order chi connectivity index (χ1) is 13.2. The van der Waals surface area contributed by atoms with Gasteiger partial charge in [-0.05, 0) is 68.1 Å². The second-order valence-corrected chi connectivity index (χ2v) is 8.86. The molecule has 1 aliphatic carbocycles. The number of piperidine rings is 2. The van der Waals surface area contributed by atoms with E-state index in [4.69, 9.17) is 5.73 Å². The van der Waals surface area contributed by atoms with Crippen molar-refractivity contribution in [2.24, 2.45) is 17.6 Å². The van der Waals surface area contributed by atoms with Gasteiger partial charge in [-0.2, -0.15) is 5.26 Å². The summed E-state index contributed by atoms with van der Waals surface area (Å²) in [4.78, 5) is 21.6. The van der Waals surface area contributed by atoms with Crippen LogP contribution in [0, 0.1) is 23.2 Å². The number of fused-ring (bicyclic) bond motifs is 3. The van der Waals surface area contributed by atoms with Crippen LogP contribution in [0.4, 0.5) is 0 Å². The van der Waals surface area contributed by atoms with Crippen LogP contribution in [-0.2, 0) is 11.3 Å². The van der Waals surface area contributed by atoms with Crippen LogP contribution in [0.25, 0.3) is 0 Å². The fourth-order valence-electron chi connectivity index (χ4n) is 5.83. The van der Waals surface area contributed by atoms with Gasteiger partial charge in [0.2, 0.25) is 5.91 Å². The van der Waals surface area contributed by atoms with E-state index >= 15 is 0 Å². The van der Waals surface area contributed by atoms with E-state index in [1.165, 1.54) is 18.4 Å². The number of hydrogen-bond acceptors (Lipinski definition) is 5. The second-order valence-electron chi connectivity index (χ2n) is 8.86. The molecule has 6 atom stereocenters. The van der Waals surface area contributed by atoms with Crippen LogP contribution in [0.5, 0.6) is 0 Å². The van der Waals surface area contributed by atoms with Crippen LogP contribution in [-0.4, -0.2) is 50.9 Å². The summed E-state index contributed by atoms with van der Waals surface area (Å²) in [7, 11) is 0. The molecule has 3 saturated heterocycles. The molecule has 2 unspecified atom stereocenters. The Morgan fingerprint density at radius 3 is 2.59 bits per heavy atom. The number of amides is 1. The zero-order valence-electron chi connectivity index (χ0n) is 15.6. The summed E-state index contributed by atoms with van der Waals surface area (Å²) < 4.78 is 0. The molecule has 6 heteroatoms. The zero-order chi connectivity index (χ0) is 18.5. The van der Waals surface area contributed by atoms with E-state index in [-0.39, 0.29) is 23.9 Å². The van der Waals surface area contributed by atoms with Crippen LogP contribution >= 0.6 is 0 Å². The number of carbonyl (C=O) groups excluding carboxylic acids is 1. The van der Waals surface area contributed by atoms with Crippen molar-refractivity contribution in [3.8, 4) is 6.07 Å². The van der Waals surface area contributed by atoms with Crippen molar-refractivity contribution < 1.29 is 4.79 Å². The molecule has 1 aromatic rings. The van der Waals surface area contributed by atoms with Crippen molar-refractivity contribution in [2.75, 3.05) is 0 Å². The van der Waals surface area contributed by atoms with E-state index in [1.54, 1.807) is 0 Å². The molecular weight excluding hydrogens is 338 g/mol. The van der Waals surface area contributed by atoms with Gasteiger partial charge in [0.05, 0.1) is 12.1 Å². The number of aromatic nitrogens is 1. The Morgan fingerprint density at radius 1 is 1.22 bits per heavy atom. The molecule has 6 nitrogen and oxygen atoms in total. The molecule has 4 heterocycles. The molecule has 4 aliphatic rings. The number of hydrogen-bond donors (Lipinski definition) is 1. The molecule has 142 valence electrons. The lowest BCUT2D eigenvalue weighted by Crippen LogP contribution is -2.54. The molecule has 4 fully saturated rings. The third-order valence-corrected chi connectivity index (χ3v) is 7.34. The quantitative estimate of drug-likeness (QED) is 0.877. The number of nitrogens with two attached hydrogens (primary N) is 1. The first-order valence-electron chi connectivity index (χ1n) is 10.3. The van der Waals surface area contributed by atoms with Crippen LogP contribution in [0.1, 0.15) is 44.1 Å². The minimum Gasteiger partial charge on any atom is -0.322 e. The third kappa shape index (κ3) is 2.94. The van der Waals surface area contributed by atoms with Crippen molar-refractivity contribution in [3.05, 3.63) is 30.1 Å². The van der Waals surface area contributed by atoms with Crippen LogP contribution in [0.2, 0.25) is 0 Å². The highest BCUT2D eigenvalue weighted by Crippen LogP contribution is 2.48. The molecule has 0 aromatic carbocycles. The lowest BCUT2D eigenvalue weighted by molar-refractivity contribution is -0.135. The number of nitrogens with zero attached hydrogens (tertiary/aromatic N) is 4. The molecular formula is C21H27N5O. The Kier molecular flexibility index (Phi) is 4.18. The van der Waals surface area contributed by atoms with E-state index < -0.39 is 6.04 Å². The fourth-order valence-corrected chi connectivity index (χ4v) is 5.83. The molecule has 2 N–H and O–H groups in total. The van der Waals surface area contributed by atoms with E-state index in [9.17, 15) is 10.1 Å². The maximum absolute atomic E-state index is 13.1. The summed E-state index contributed by atoms with van der Waals surface area (Å²) in [6.45, 7) is 0.958. The monoisotopic (exact) mass is 365 g/mol. The average molecular weight is 365 g/mol. The summed E-state index contributed by atoms with van der Waals surface area (Å²) in [5.41, 5.74) is 7.79. The Labute approximate surface area is 160 Å². The van der Waals surface area contributed by atoms with Gasteiger partial charge in [-0.1, -0.05) is 0 Å². The molecule has 0 radical (unpaired) electrons. The van der Waals surface area contributed by atoms with Crippen molar-refractivity contribution in [1.29, 1.82) is 5.26 Å². The van der Waals surface area contributed by atoms with Gasteiger partial charge in [-0.15, -0.1) is 0 Å². The highest BCUT2D eigenvalue weighted by Gasteiger charge is 2.55. The Bertz CT molecular complexity index is 748. The second kappa shape index (κ2) is 6.57. The minimum atomic E-state index is -0.452. The SMILES string of the molecule is N#C[C@@H]1C[C@@H]2C[C@@H]2N1C(=O)[C@@H](N)C1CC2CCC(C1)N2Cc1ccncc1. The van der Waals surface area contributed by atoms with Gasteiger partial charge < -0.3 is 10.6 Å². The van der Waals surface area contributed by atoms with Crippen molar-refractivity contribution in [2.45, 2.75) is 75.3 Å². The molecule has 0 spiro atoms. The fraction of sp³-hybridized carbons (Fsp3) is 0.667. The van der Waals surface area contributed by atoms with Gasteiger partial charge in [0.25, 0.3) is 0 Å². The normalized spacial score (nSPS) is 38.3. The Balaban J connectivity index is 1.25. The molecule has 5 rings (SSSR count). The number of nitriles is 1. The van der Waals surface area contributed by atoms with Gasteiger partial charge in [-0.3, -0.25) is 14.7 Å². The summed E-state index contributed by atoms with van der Waals surface area (Å²) in [6.07, 6.45) is 9.99. The average Bonchev–Trinajstić information content (AvgIpc) is 3.31. The minimum absolute atomic E-state index is 0.0264. The van der Waals surface area contributed by atoms with Crippen LogP contribution in [0.3, 0.4) is 0 Å². The topological polar surface area (TPSA) is 86.2 Å². The lowest BCUT2D eigenvalue weighted by atomic mass is 9.84. The van der Waals surface area contributed by atoms with Gasteiger partial charge in [-0.25, -0.2) is 0 Å². The molecule has 1 saturated carbocycles. The molecule has 3 aliphatic heterocycles. The van der Waals surface area contributed by atoms with E-state index in [1.807, 2.05) is 17.3 Å². The number of carbonyl (C=O) groups is 1. The van der Waals surface area contributed by atoms with Crippen molar-refractivity contribution in [1.82, 2.24) is 14.8 Å². The smallest absolute Gasteiger partial charge is 0.241 e. The van der Waals surface area contributed by atoms with Gasteiger partial charge >= 0.3 is 0 Å². The third-order valence-electron chi connectivity index (χ3n) is 7.34. The predicted octanol–water partition coefficient (Wildman–Crippen LogP) is 1.66. The molecule has 1 aromatic heterocycles. The van der Waals surface area contributed by atoms with Crippen LogP contribution < -0.4 is 5.73 Å². The summed E-state index contributed by atoms with van der Waals surface area (Å²) >= 11 is 0. The Hall–Kier alpha value is -1.97. The van der Waals surface area contributed by atoms with Crippen molar-refractivity contribution >= 4 is 5.91 Å². The highest BCUT2D eigenvalue weighted by atomic mass is 16.2. The summed E-state index contributed by atoms with van der Waals surface area (Å²) in [5.74, 6) is 0.809. The maximum atomic E-state index is 13.1. The molecule has 27 heavy (non-hydrogen) atoms. The highest BCUT2D eigenvalue weighted by molar-refractivity contribution is 5.84. The maximum Gasteiger partial charge on any atom is 0.241 e.